The molecule has 0 spiro atoms. The molecule has 0 radical (unpaired) electrons. The number of benzene rings is 2. The van der Waals surface area contributed by atoms with Crippen LogP contribution in [0, 0.1) is 11.7 Å². The van der Waals surface area contributed by atoms with Crippen LogP contribution in [0.3, 0.4) is 0 Å². The summed E-state index contributed by atoms with van der Waals surface area (Å²) in [6.07, 6.45) is -0.833. The molecule has 6 heteroatoms. The van der Waals surface area contributed by atoms with E-state index in [1.165, 1.54) is 23.1 Å². The Hall–Kier alpha value is -2.89. The van der Waals surface area contributed by atoms with Crippen molar-refractivity contribution in [3.8, 4) is 5.75 Å². The number of hydrogen-bond donors (Lipinski definition) is 1. The largest absolute Gasteiger partial charge is 0.481 e. The summed E-state index contributed by atoms with van der Waals surface area (Å²) >= 11 is 0. The molecule has 3 rings (SSSR count). The van der Waals surface area contributed by atoms with Crippen LogP contribution >= 0.6 is 0 Å². The van der Waals surface area contributed by atoms with Crippen molar-refractivity contribution in [2.45, 2.75) is 18.9 Å². The summed E-state index contributed by atoms with van der Waals surface area (Å²) in [6.45, 7) is 2.03. The van der Waals surface area contributed by atoms with Crippen LogP contribution in [-0.2, 0) is 9.59 Å². The van der Waals surface area contributed by atoms with Gasteiger partial charge in [0.15, 0.2) is 6.10 Å². The Morgan fingerprint density at radius 1 is 1.15 bits per heavy atom. The zero-order valence-electron chi connectivity index (χ0n) is 14.3. The molecule has 1 saturated heterocycles. The van der Waals surface area contributed by atoms with Crippen LogP contribution in [0.15, 0.2) is 54.6 Å². The molecule has 0 aliphatic carbocycles. The summed E-state index contributed by atoms with van der Waals surface area (Å²) in [5.74, 6) is -2.34. The summed E-state index contributed by atoms with van der Waals surface area (Å²) in [5, 5.41) is 9.54. The monoisotopic (exact) mass is 357 g/mol. The van der Waals surface area contributed by atoms with E-state index in [0.717, 1.165) is 5.56 Å². The first-order valence-electron chi connectivity index (χ1n) is 8.44. The molecule has 1 unspecified atom stereocenters. The number of carbonyl (C=O) groups excluding carboxylic acids is 1. The van der Waals surface area contributed by atoms with E-state index in [4.69, 9.17) is 4.74 Å². The summed E-state index contributed by atoms with van der Waals surface area (Å²) in [4.78, 5) is 25.8. The van der Waals surface area contributed by atoms with E-state index >= 15 is 0 Å². The molecule has 0 saturated carbocycles. The van der Waals surface area contributed by atoms with Gasteiger partial charge in [0.05, 0.1) is 5.92 Å². The second kappa shape index (κ2) is 7.56. The first-order chi connectivity index (χ1) is 12.5. The van der Waals surface area contributed by atoms with Crippen molar-refractivity contribution in [1.82, 2.24) is 4.90 Å². The zero-order chi connectivity index (χ0) is 18.7. The third-order valence-electron chi connectivity index (χ3n) is 4.63. The highest BCUT2D eigenvalue weighted by molar-refractivity contribution is 5.83. The minimum atomic E-state index is -0.923. The fraction of sp³-hybridized carbons (Fsp3) is 0.300. The number of carboxylic acid groups (broad SMARTS) is 1. The van der Waals surface area contributed by atoms with Gasteiger partial charge < -0.3 is 14.7 Å². The fourth-order valence-corrected chi connectivity index (χ4v) is 3.32. The Labute approximate surface area is 151 Å². The van der Waals surface area contributed by atoms with Crippen LogP contribution in [0.1, 0.15) is 18.4 Å². The quantitative estimate of drug-likeness (QED) is 0.893. The van der Waals surface area contributed by atoms with E-state index in [0.29, 0.717) is 6.54 Å². The first-order valence-corrected chi connectivity index (χ1v) is 8.44. The van der Waals surface area contributed by atoms with Crippen LogP contribution in [0.25, 0.3) is 0 Å². The lowest BCUT2D eigenvalue weighted by atomic mass is 9.89. The summed E-state index contributed by atoms with van der Waals surface area (Å²) in [7, 11) is 0. The lowest BCUT2D eigenvalue weighted by molar-refractivity contribution is -0.142. The third-order valence-corrected chi connectivity index (χ3v) is 4.63. The summed E-state index contributed by atoms with van der Waals surface area (Å²) in [6, 6.07) is 14.9. The van der Waals surface area contributed by atoms with Gasteiger partial charge in [-0.15, -0.1) is 0 Å². The summed E-state index contributed by atoms with van der Waals surface area (Å²) in [5.41, 5.74) is 0.897. The van der Waals surface area contributed by atoms with Crippen molar-refractivity contribution >= 4 is 11.9 Å². The van der Waals surface area contributed by atoms with Crippen molar-refractivity contribution in [2.75, 3.05) is 13.1 Å². The fourth-order valence-electron chi connectivity index (χ4n) is 3.32. The number of ether oxygens (including phenoxy) is 1. The minimum absolute atomic E-state index is 0.130. The van der Waals surface area contributed by atoms with Gasteiger partial charge >= 0.3 is 5.97 Å². The minimum Gasteiger partial charge on any atom is -0.481 e. The van der Waals surface area contributed by atoms with Gasteiger partial charge in [-0.05, 0) is 24.6 Å². The number of carbonyl (C=O) groups is 2. The lowest BCUT2D eigenvalue weighted by Gasteiger charge is -2.22. The topological polar surface area (TPSA) is 66.8 Å². The maximum Gasteiger partial charge on any atom is 0.308 e. The summed E-state index contributed by atoms with van der Waals surface area (Å²) < 4.78 is 18.8. The van der Waals surface area contributed by atoms with Crippen LogP contribution in [0.2, 0.25) is 0 Å². The number of rotatable bonds is 5. The maximum atomic E-state index is 13.3. The Kier molecular flexibility index (Phi) is 5.21. The van der Waals surface area contributed by atoms with Gasteiger partial charge in [-0.25, -0.2) is 4.39 Å². The van der Waals surface area contributed by atoms with Crippen LogP contribution in [-0.4, -0.2) is 41.1 Å². The number of aliphatic carboxylic acids is 1. The van der Waals surface area contributed by atoms with E-state index < -0.39 is 23.8 Å². The van der Waals surface area contributed by atoms with E-state index in [-0.39, 0.29) is 24.1 Å². The van der Waals surface area contributed by atoms with Crippen molar-refractivity contribution in [3.63, 3.8) is 0 Å². The first kappa shape index (κ1) is 17.9. The zero-order valence-corrected chi connectivity index (χ0v) is 14.3. The second-order valence-corrected chi connectivity index (χ2v) is 6.42. The predicted molar refractivity (Wildman–Crippen MR) is 93.4 cm³/mol. The molecule has 5 nitrogen and oxygen atoms in total. The van der Waals surface area contributed by atoms with Gasteiger partial charge in [-0.2, -0.15) is 0 Å². The number of halogens is 1. The van der Waals surface area contributed by atoms with Gasteiger partial charge in [0.25, 0.3) is 5.91 Å². The van der Waals surface area contributed by atoms with Gasteiger partial charge in [-0.3, -0.25) is 9.59 Å². The molecular weight excluding hydrogens is 337 g/mol. The number of hydrogen-bond acceptors (Lipinski definition) is 3. The van der Waals surface area contributed by atoms with E-state index in [1.807, 2.05) is 30.3 Å². The number of amides is 1. The molecule has 0 bridgehead atoms. The molecule has 1 fully saturated rings. The molecule has 1 aliphatic heterocycles. The average Bonchev–Trinajstić information content (AvgIpc) is 3.07. The highest BCUT2D eigenvalue weighted by atomic mass is 19.1. The maximum absolute atomic E-state index is 13.3. The highest BCUT2D eigenvalue weighted by Gasteiger charge is 2.41. The average molecular weight is 357 g/mol. The van der Waals surface area contributed by atoms with E-state index in [2.05, 4.69) is 0 Å². The number of likely N-dealkylation sites (tertiary alicyclic amines) is 1. The Morgan fingerprint density at radius 2 is 1.88 bits per heavy atom. The molecule has 3 atom stereocenters. The SMILES string of the molecule is CC(Oc1cccc(F)c1)C(=O)N1C[C@@H](C(=O)O)[C@H](c2ccccc2)C1. The molecule has 0 aromatic heterocycles. The van der Waals surface area contributed by atoms with Crippen LogP contribution < -0.4 is 4.74 Å². The Balaban J connectivity index is 1.72. The predicted octanol–water partition coefficient (Wildman–Crippen LogP) is 2.92. The van der Waals surface area contributed by atoms with E-state index in [1.54, 1.807) is 13.0 Å². The third kappa shape index (κ3) is 3.85. The molecular formula is C20H20FNO4. The van der Waals surface area contributed by atoms with Gasteiger partial charge in [0.2, 0.25) is 0 Å². The van der Waals surface area contributed by atoms with Gasteiger partial charge in [0, 0.05) is 25.1 Å². The standard InChI is InChI=1S/C20H20FNO4/c1-13(26-16-9-5-8-15(21)10-16)19(23)22-11-17(18(12-22)20(24)25)14-6-3-2-4-7-14/h2-10,13,17-18H,11-12H2,1H3,(H,24,25)/t13?,17-,18+/m0/s1. The van der Waals surface area contributed by atoms with Crippen LogP contribution in [0.5, 0.6) is 5.75 Å². The molecule has 1 amide bonds. The molecule has 1 heterocycles. The van der Waals surface area contributed by atoms with Crippen molar-refractivity contribution in [1.29, 1.82) is 0 Å². The molecule has 1 aliphatic rings. The number of carboxylic acids is 1. The smallest absolute Gasteiger partial charge is 0.308 e. The lowest BCUT2D eigenvalue weighted by Crippen LogP contribution is -2.39. The van der Waals surface area contributed by atoms with Gasteiger partial charge in [0.1, 0.15) is 11.6 Å². The van der Waals surface area contributed by atoms with Crippen molar-refractivity contribution in [2.24, 2.45) is 5.92 Å². The van der Waals surface area contributed by atoms with Gasteiger partial charge in [-0.1, -0.05) is 36.4 Å². The number of nitrogens with zero attached hydrogens (tertiary/aromatic N) is 1. The van der Waals surface area contributed by atoms with Crippen molar-refractivity contribution < 1.29 is 23.8 Å². The Morgan fingerprint density at radius 3 is 2.54 bits per heavy atom. The highest BCUT2D eigenvalue weighted by Crippen LogP contribution is 2.33. The van der Waals surface area contributed by atoms with Crippen LogP contribution in [0.4, 0.5) is 4.39 Å². The second-order valence-electron chi connectivity index (χ2n) is 6.42. The van der Waals surface area contributed by atoms with E-state index in [9.17, 15) is 19.1 Å². The molecule has 26 heavy (non-hydrogen) atoms. The van der Waals surface area contributed by atoms with Crippen molar-refractivity contribution in [3.05, 3.63) is 66.0 Å². The molecule has 136 valence electrons. The molecule has 1 N–H and O–H groups in total. The normalized spacial score (nSPS) is 20.6. The Bertz CT molecular complexity index is 795. The molecule has 2 aromatic rings. The molecule has 2 aromatic carbocycles.